The minimum atomic E-state index is -0.273. The minimum absolute atomic E-state index is 0.142. The Kier molecular flexibility index (Phi) is 2.83. The van der Waals surface area contributed by atoms with E-state index in [1.54, 1.807) is 6.20 Å². The van der Waals surface area contributed by atoms with Crippen molar-refractivity contribution in [3.8, 4) is 0 Å². The van der Waals surface area contributed by atoms with E-state index < -0.39 is 0 Å². The number of carbonyl (C=O) groups is 1. The van der Waals surface area contributed by atoms with E-state index in [-0.39, 0.29) is 12.5 Å². The Morgan fingerprint density at radius 1 is 1.92 bits per heavy atom. The molecule has 0 fully saturated rings. The van der Waals surface area contributed by atoms with Gasteiger partial charge < -0.3 is 0 Å². The van der Waals surface area contributed by atoms with Crippen molar-refractivity contribution in [2.24, 2.45) is 5.84 Å². The van der Waals surface area contributed by atoms with Crippen LogP contribution in [0.2, 0.25) is 0 Å². The van der Waals surface area contributed by atoms with E-state index in [1.807, 2.05) is 12.3 Å². The second kappa shape index (κ2) is 3.68. The summed E-state index contributed by atoms with van der Waals surface area (Å²) in [7, 11) is 0. The molecule has 3 N–H and O–H groups in total. The number of rotatable bonds is 2. The van der Waals surface area contributed by atoms with Crippen molar-refractivity contribution in [3.05, 3.63) is 16.4 Å². The van der Waals surface area contributed by atoms with E-state index in [4.69, 9.17) is 5.84 Å². The van der Waals surface area contributed by atoms with Gasteiger partial charge in [-0.2, -0.15) is 5.10 Å². The van der Waals surface area contributed by atoms with Crippen LogP contribution in [-0.2, 0) is 11.3 Å². The molecule has 12 heavy (non-hydrogen) atoms. The summed E-state index contributed by atoms with van der Waals surface area (Å²) in [5.74, 6) is 4.64. The summed E-state index contributed by atoms with van der Waals surface area (Å²) < 4.78 is 2.40. The van der Waals surface area contributed by atoms with Crippen molar-refractivity contribution >= 4 is 21.8 Å². The van der Waals surface area contributed by atoms with Crippen molar-refractivity contribution in [3.63, 3.8) is 0 Å². The van der Waals surface area contributed by atoms with Crippen LogP contribution in [-0.4, -0.2) is 15.7 Å². The molecule has 1 aromatic rings. The average molecular weight is 233 g/mol. The number of nitrogens with zero attached hydrogens (tertiary/aromatic N) is 2. The molecule has 0 aliphatic heterocycles. The maximum absolute atomic E-state index is 10.8. The van der Waals surface area contributed by atoms with Gasteiger partial charge in [0.15, 0.2) is 0 Å². The fourth-order valence-corrected chi connectivity index (χ4v) is 1.08. The first-order chi connectivity index (χ1) is 5.63. The number of hydrogen-bond donors (Lipinski definition) is 2. The molecule has 0 aliphatic rings. The van der Waals surface area contributed by atoms with Gasteiger partial charge in [-0.1, -0.05) is 0 Å². The molecule has 0 spiro atoms. The van der Waals surface area contributed by atoms with Gasteiger partial charge in [0.25, 0.3) is 5.91 Å². The Morgan fingerprint density at radius 2 is 2.58 bits per heavy atom. The summed E-state index contributed by atoms with van der Waals surface area (Å²) in [6.45, 7) is 1.99. The van der Waals surface area contributed by atoms with Gasteiger partial charge in [-0.05, 0) is 22.9 Å². The van der Waals surface area contributed by atoms with Gasteiger partial charge in [-0.3, -0.25) is 14.9 Å². The van der Waals surface area contributed by atoms with E-state index in [0.29, 0.717) is 0 Å². The van der Waals surface area contributed by atoms with Crippen molar-refractivity contribution in [1.82, 2.24) is 15.2 Å². The fraction of sp³-hybridized carbons (Fsp3) is 0.333. The molecule has 0 aromatic carbocycles. The average Bonchev–Trinajstić information content (AvgIpc) is 2.31. The van der Waals surface area contributed by atoms with Crippen LogP contribution in [0.1, 0.15) is 5.69 Å². The standard InChI is InChI=1S/C6H9BrN4O/c1-4-5(7)2-11(10-4)3-6(12)9-8/h2H,3,8H2,1H3,(H,9,12). The Bertz CT molecular complexity index is 276. The molecule has 6 heteroatoms. The first-order valence-electron chi connectivity index (χ1n) is 3.32. The molecule has 1 rings (SSSR count). The molecule has 0 saturated carbocycles. The van der Waals surface area contributed by atoms with Gasteiger partial charge in [0.2, 0.25) is 0 Å². The maximum atomic E-state index is 10.8. The first-order valence-corrected chi connectivity index (χ1v) is 4.12. The van der Waals surface area contributed by atoms with Crippen molar-refractivity contribution in [2.75, 3.05) is 0 Å². The molecule has 0 aliphatic carbocycles. The summed E-state index contributed by atoms with van der Waals surface area (Å²) >= 11 is 3.28. The molecule has 5 nitrogen and oxygen atoms in total. The first kappa shape index (κ1) is 9.21. The quantitative estimate of drug-likeness (QED) is 0.427. The molecule has 1 heterocycles. The summed E-state index contributed by atoms with van der Waals surface area (Å²) in [6.07, 6.45) is 1.73. The van der Waals surface area contributed by atoms with E-state index in [0.717, 1.165) is 10.2 Å². The van der Waals surface area contributed by atoms with Crippen LogP contribution in [0.25, 0.3) is 0 Å². The van der Waals surface area contributed by atoms with Crippen LogP contribution in [0.15, 0.2) is 10.7 Å². The summed E-state index contributed by atoms with van der Waals surface area (Å²) in [5.41, 5.74) is 2.87. The summed E-state index contributed by atoms with van der Waals surface area (Å²) in [5, 5.41) is 4.05. The molecule has 1 aromatic heterocycles. The number of carbonyl (C=O) groups excluding carboxylic acids is 1. The molecule has 0 atom stereocenters. The predicted octanol–water partition coefficient (Wildman–Crippen LogP) is -0.0561. The van der Waals surface area contributed by atoms with E-state index >= 15 is 0 Å². The molecule has 0 radical (unpaired) electrons. The Morgan fingerprint density at radius 3 is 3.00 bits per heavy atom. The van der Waals surface area contributed by atoms with Crippen molar-refractivity contribution in [1.29, 1.82) is 0 Å². The normalized spacial score (nSPS) is 9.92. The highest BCUT2D eigenvalue weighted by Crippen LogP contribution is 2.12. The lowest BCUT2D eigenvalue weighted by atomic mass is 10.5. The SMILES string of the molecule is Cc1nn(CC(=O)NN)cc1Br. The molecule has 0 saturated heterocycles. The Labute approximate surface area is 78.0 Å². The van der Waals surface area contributed by atoms with Gasteiger partial charge in [0.1, 0.15) is 6.54 Å². The second-order valence-corrected chi connectivity index (χ2v) is 3.18. The number of halogens is 1. The smallest absolute Gasteiger partial charge is 0.255 e. The monoisotopic (exact) mass is 232 g/mol. The highest BCUT2D eigenvalue weighted by Gasteiger charge is 2.04. The second-order valence-electron chi connectivity index (χ2n) is 2.33. The molecule has 1 amide bonds. The lowest BCUT2D eigenvalue weighted by Gasteiger charge is -1.97. The fourth-order valence-electron chi connectivity index (χ4n) is 0.767. The number of nitrogens with one attached hydrogen (secondary N) is 1. The number of hydrazine groups is 1. The van der Waals surface area contributed by atoms with Gasteiger partial charge >= 0.3 is 0 Å². The number of nitrogens with two attached hydrogens (primary N) is 1. The van der Waals surface area contributed by atoms with Crippen LogP contribution in [0, 0.1) is 6.92 Å². The van der Waals surface area contributed by atoms with Crippen LogP contribution >= 0.6 is 15.9 Å². The van der Waals surface area contributed by atoms with Crippen LogP contribution in [0.3, 0.4) is 0 Å². The number of hydrogen-bond acceptors (Lipinski definition) is 3. The highest BCUT2D eigenvalue weighted by atomic mass is 79.9. The summed E-state index contributed by atoms with van der Waals surface area (Å²) in [4.78, 5) is 10.8. The highest BCUT2D eigenvalue weighted by molar-refractivity contribution is 9.10. The topological polar surface area (TPSA) is 72.9 Å². The van der Waals surface area contributed by atoms with Crippen LogP contribution in [0.5, 0.6) is 0 Å². The molecule has 66 valence electrons. The van der Waals surface area contributed by atoms with Gasteiger partial charge in [-0.15, -0.1) is 0 Å². The Balaban J connectivity index is 2.70. The number of aryl methyl sites for hydroxylation is 1. The molecule has 0 unspecified atom stereocenters. The zero-order valence-corrected chi connectivity index (χ0v) is 8.13. The van der Waals surface area contributed by atoms with Gasteiger partial charge in [0, 0.05) is 6.20 Å². The lowest BCUT2D eigenvalue weighted by molar-refractivity contribution is -0.121. The number of aromatic nitrogens is 2. The lowest BCUT2D eigenvalue weighted by Crippen LogP contribution is -2.33. The zero-order valence-electron chi connectivity index (χ0n) is 6.54. The van der Waals surface area contributed by atoms with E-state index in [2.05, 4.69) is 21.0 Å². The number of amides is 1. The zero-order chi connectivity index (χ0) is 9.14. The maximum Gasteiger partial charge on any atom is 0.255 e. The summed E-state index contributed by atoms with van der Waals surface area (Å²) in [6, 6.07) is 0. The largest absolute Gasteiger partial charge is 0.293 e. The predicted molar refractivity (Wildman–Crippen MR) is 47.0 cm³/mol. The third-order valence-corrected chi connectivity index (χ3v) is 2.13. The van der Waals surface area contributed by atoms with Crippen LogP contribution < -0.4 is 11.3 Å². The van der Waals surface area contributed by atoms with Gasteiger partial charge in [-0.25, -0.2) is 5.84 Å². The van der Waals surface area contributed by atoms with Crippen molar-refractivity contribution < 1.29 is 4.79 Å². The minimum Gasteiger partial charge on any atom is -0.293 e. The molecular weight excluding hydrogens is 224 g/mol. The molecular formula is C6H9BrN4O. The third-order valence-electron chi connectivity index (χ3n) is 1.35. The Hall–Kier alpha value is -0.880. The third kappa shape index (κ3) is 2.05. The van der Waals surface area contributed by atoms with E-state index in [1.165, 1.54) is 4.68 Å². The van der Waals surface area contributed by atoms with Gasteiger partial charge in [0.05, 0.1) is 10.2 Å². The van der Waals surface area contributed by atoms with Crippen LogP contribution in [0.4, 0.5) is 0 Å². The van der Waals surface area contributed by atoms with Crippen molar-refractivity contribution in [2.45, 2.75) is 13.5 Å². The molecule has 0 bridgehead atoms. The van der Waals surface area contributed by atoms with E-state index in [9.17, 15) is 4.79 Å².